The van der Waals surface area contributed by atoms with Gasteiger partial charge in [-0.15, -0.1) is 0 Å². The molecule has 0 atom stereocenters. The van der Waals surface area contributed by atoms with Crippen molar-refractivity contribution in [3.63, 3.8) is 0 Å². The molecule has 3 heteroatoms. The first-order valence-corrected chi connectivity index (χ1v) is 7.42. The Kier molecular flexibility index (Phi) is 4.95. The Labute approximate surface area is 117 Å². The molecule has 1 aromatic carbocycles. The number of rotatable bonds is 4. The molecular weight excluding hydrogens is 290 g/mol. The summed E-state index contributed by atoms with van der Waals surface area (Å²) in [7, 11) is 0. The summed E-state index contributed by atoms with van der Waals surface area (Å²) in [6, 6.07) is 6.39. The van der Waals surface area contributed by atoms with E-state index in [1.165, 1.54) is 11.1 Å². The molecule has 0 aromatic heterocycles. The zero-order chi connectivity index (χ0) is 13.0. The van der Waals surface area contributed by atoms with Crippen LogP contribution in [0, 0.1) is 12.8 Å². The molecule has 18 heavy (non-hydrogen) atoms. The highest BCUT2D eigenvalue weighted by atomic mass is 79.9. The van der Waals surface area contributed by atoms with Crippen LogP contribution < -0.4 is 5.32 Å². The lowest BCUT2D eigenvalue weighted by atomic mass is 9.88. The molecule has 2 rings (SSSR count). The van der Waals surface area contributed by atoms with Crippen molar-refractivity contribution in [2.45, 2.75) is 39.2 Å². The predicted octanol–water partition coefficient (Wildman–Crippen LogP) is 3.61. The van der Waals surface area contributed by atoms with Crippen molar-refractivity contribution >= 4 is 21.7 Å². The summed E-state index contributed by atoms with van der Waals surface area (Å²) in [5.41, 5.74) is 2.67. The van der Waals surface area contributed by atoms with Gasteiger partial charge in [0.2, 0.25) is 0 Å². The highest BCUT2D eigenvalue weighted by molar-refractivity contribution is 9.10. The average Bonchev–Trinajstić information content (AvgIpc) is 2.36. The fraction of sp³-hybridized carbons (Fsp3) is 0.533. The van der Waals surface area contributed by atoms with E-state index in [9.17, 15) is 4.79 Å². The summed E-state index contributed by atoms with van der Waals surface area (Å²) >= 11 is 3.51. The molecule has 1 saturated carbocycles. The molecule has 0 bridgehead atoms. The van der Waals surface area contributed by atoms with Crippen LogP contribution in [-0.4, -0.2) is 12.3 Å². The summed E-state index contributed by atoms with van der Waals surface area (Å²) in [5, 5.41) is 3.52. The van der Waals surface area contributed by atoms with E-state index in [4.69, 9.17) is 0 Å². The van der Waals surface area contributed by atoms with Crippen LogP contribution in [0.15, 0.2) is 22.7 Å². The van der Waals surface area contributed by atoms with Crippen molar-refractivity contribution < 1.29 is 4.79 Å². The van der Waals surface area contributed by atoms with Crippen LogP contribution in [0.4, 0.5) is 0 Å². The number of hydrogen-bond donors (Lipinski definition) is 1. The first kappa shape index (κ1) is 13.8. The van der Waals surface area contributed by atoms with Crippen LogP contribution in [0.2, 0.25) is 0 Å². The lowest BCUT2D eigenvalue weighted by Gasteiger charge is -2.21. The van der Waals surface area contributed by atoms with Gasteiger partial charge in [0.15, 0.2) is 0 Å². The quantitative estimate of drug-likeness (QED) is 0.920. The Morgan fingerprint density at radius 3 is 2.78 bits per heavy atom. The molecule has 0 heterocycles. The van der Waals surface area contributed by atoms with Gasteiger partial charge in [-0.3, -0.25) is 4.79 Å². The van der Waals surface area contributed by atoms with Gasteiger partial charge in [-0.1, -0.05) is 22.0 Å². The number of ketones is 1. The van der Waals surface area contributed by atoms with Crippen LogP contribution in [0.3, 0.4) is 0 Å². The summed E-state index contributed by atoms with van der Waals surface area (Å²) < 4.78 is 1.13. The molecule has 98 valence electrons. The van der Waals surface area contributed by atoms with Crippen molar-refractivity contribution in [1.29, 1.82) is 0 Å². The van der Waals surface area contributed by atoms with E-state index in [2.05, 4.69) is 46.4 Å². The third-order valence-corrected chi connectivity index (χ3v) is 4.22. The number of hydrogen-bond acceptors (Lipinski definition) is 2. The van der Waals surface area contributed by atoms with Gasteiger partial charge < -0.3 is 5.32 Å². The van der Waals surface area contributed by atoms with Gasteiger partial charge in [0.25, 0.3) is 0 Å². The van der Waals surface area contributed by atoms with Crippen LogP contribution in [0.5, 0.6) is 0 Å². The third-order valence-electron chi connectivity index (χ3n) is 3.72. The van der Waals surface area contributed by atoms with Gasteiger partial charge in [-0.05, 0) is 55.5 Å². The Bertz CT molecular complexity index is 421. The fourth-order valence-corrected chi connectivity index (χ4v) is 2.85. The largest absolute Gasteiger partial charge is 0.312 e. The second-order valence-electron chi connectivity index (χ2n) is 5.18. The molecule has 1 aliphatic rings. The van der Waals surface area contributed by atoms with E-state index in [1.54, 1.807) is 0 Å². The minimum Gasteiger partial charge on any atom is -0.312 e. The first-order valence-electron chi connectivity index (χ1n) is 6.62. The van der Waals surface area contributed by atoms with Crippen molar-refractivity contribution in [2.24, 2.45) is 5.92 Å². The molecule has 0 spiro atoms. The lowest BCUT2D eigenvalue weighted by molar-refractivity contribution is -0.120. The zero-order valence-electron chi connectivity index (χ0n) is 10.8. The summed E-state index contributed by atoms with van der Waals surface area (Å²) in [6.45, 7) is 4.08. The molecule has 0 amide bonds. The van der Waals surface area contributed by atoms with Crippen molar-refractivity contribution in [3.05, 3.63) is 33.8 Å². The van der Waals surface area contributed by atoms with Gasteiger partial charge in [-0.25, -0.2) is 0 Å². The van der Waals surface area contributed by atoms with E-state index >= 15 is 0 Å². The first-order chi connectivity index (χ1) is 8.65. The molecule has 0 aliphatic heterocycles. The summed E-state index contributed by atoms with van der Waals surface area (Å²) in [4.78, 5) is 11.2. The molecule has 0 unspecified atom stereocenters. The third kappa shape index (κ3) is 3.92. The SMILES string of the molecule is Cc1ccc(Br)cc1CNCC1CCC(=O)CC1. The zero-order valence-corrected chi connectivity index (χ0v) is 12.4. The maximum Gasteiger partial charge on any atom is 0.132 e. The lowest BCUT2D eigenvalue weighted by Crippen LogP contribution is -2.26. The average molecular weight is 310 g/mol. The van der Waals surface area contributed by atoms with E-state index in [-0.39, 0.29) is 0 Å². The van der Waals surface area contributed by atoms with Crippen LogP contribution in [-0.2, 0) is 11.3 Å². The smallest absolute Gasteiger partial charge is 0.132 e. The number of halogens is 1. The van der Waals surface area contributed by atoms with Crippen molar-refractivity contribution in [2.75, 3.05) is 6.54 Å². The summed E-state index contributed by atoms with van der Waals surface area (Å²) in [6.07, 6.45) is 3.68. The molecule has 1 aliphatic carbocycles. The second kappa shape index (κ2) is 6.48. The van der Waals surface area contributed by atoms with Crippen molar-refractivity contribution in [3.8, 4) is 0 Å². The number of carbonyl (C=O) groups is 1. The monoisotopic (exact) mass is 309 g/mol. The molecule has 1 aromatic rings. The van der Waals surface area contributed by atoms with Crippen LogP contribution in [0.25, 0.3) is 0 Å². The number of nitrogens with one attached hydrogen (secondary N) is 1. The normalized spacial score (nSPS) is 17.1. The number of Topliss-reactive ketones (excluding diaryl/α,β-unsaturated/α-hetero) is 1. The highest BCUT2D eigenvalue weighted by Crippen LogP contribution is 2.21. The van der Waals surface area contributed by atoms with E-state index < -0.39 is 0 Å². The van der Waals surface area contributed by atoms with Crippen LogP contribution >= 0.6 is 15.9 Å². The Morgan fingerprint density at radius 2 is 2.06 bits per heavy atom. The van der Waals surface area contributed by atoms with E-state index in [1.807, 2.05) is 0 Å². The highest BCUT2D eigenvalue weighted by Gasteiger charge is 2.17. The second-order valence-corrected chi connectivity index (χ2v) is 6.10. The molecule has 1 N–H and O–H groups in total. The maximum absolute atomic E-state index is 11.2. The van der Waals surface area contributed by atoms with E-state index in [0.29, 0.717) is 11.7 Å². The standard InChI is InChI=1S/C15H20BrNO/c1-11-2-5-14(16)8-13(11)10-17-9-12-3-6-15(18)7-4-12/h2,5,8,12,17H,3-4,6-7,9-10H2,1H3. The Hall–Kier alpha value is -0.670. The minimum absolute atomic E-state index is 0.439. The van der Waals surface area contributed by atoms with Gasteiger partial charge in [0.1, 0.15) is 5.78 Å². The summed E-state index contributed by atoms with van der Waals surface area (Å²) in [5.74, 6) is 1.12. The maximum atomic E-state index is 11.2. The van der Waals surface area contributed by atoms with Gasteiger partial charge in [0, 0.05) is 23.9 Å². The predicted molar refractivity (Wildman–Crippen MR) is 77.6 cm³/mol. The van der Waals surface area contributed by atoms with E-state index in [0.717, 1.165) is 43.2 Å². The van der Waals surface area contributed by atoms with Gasteiger partial charge in [-0.2, -0.15) is 0 Å². The molecule has 0 saturated heterocycles. The molecule has 1 fully saturated rings. The molecule has 2 nitrogen and oxygen atoms in total. The Morgan fingerprint density at radius 1 is 1.33 bits per heavy atom. The fourth-order valence-electron chi connectivity index (χ4n) is 2.45. The van der Waals surface area contributed by atoms with Crippen LogP contribution in [0.1, 0.15) is 36.8 Å². The van der Waals surface area contributed by atoms with Crippen molar-refractivity contribution in [1.82, 2.24) is 5.32 Å². The topological polar surface area (TPSA) is 29.1 Å². The minimum atomic E-state index is 0.439. The molecular formula is C15H20BrNO. The van der Waals surface area contributed by atoms with Gasteiger partial charge in [0.05, 0.1) is 0 Å². The van der Waals surface area contributed by atoms with Gasteiger partial charge >= 0.3 is 0 Å². The number of benzene rings is 1. The number of aryl methyl sites for hydroxylation is 1. The Balaban J connectivity index is 1.78. The molecule has 0 radical (unpaired) electrons. The number of carbonyl (C=O) groups excluding carboxylic acids is 1.